The Kier molecular flexibility index (Phi) is 7.25. The molecule has 1 aromatic rings. The van der Waals surface area contributed by atoms with Crippen molar-refractivity contribution in [3.8, 4) is 0 Å². The molecule has 0 saturated carbocycles. The molecule has 0 aliphatic rings. The van der Waals surface area contributed by atoms with Crippen LogP contribution in [0.25, 0.3) is 0 Å². The third-order valence-corrected chi connectivity index (χ3v) is 2.71. The number of nitrogens with zero attached hydrogens (tertiary/aromatic N) is 2. The van der Waals surface area contributed by atoms with Crippen LogP contribution in [0.3, 0.4) is 0 Å². The van der Waals surface area contributed by atoms with Gasteiger partial charge in [0.05, 0.1) is 6.61 Å². The highest BCUT2D eigenvalue weighted by Crippen LogP contribution is 2.16. The molecule has 112 valence electrons. The monoisotopic (exact) mass is 300 g/mol. The number of ether oxygens (including phenoxy) is 1. The molecule has 0 fully saturated rings. The largest absolute Gasteiger partial charge is 0.383 e. The summed E-state index contributed by atoms with van der Waals surface area (Å²) in [4.78, 5) is 20.0. The summed E-state index contributed by atoms with van der Waals surface area (Å²) in [6, 6.07) is 1.65. The van der Waals surface area contributed by atoms with Crippen molar-refractivity contribution < 1.29 is 9.53 Å². The van der Waals surface area contributed by atoms with Gasteiger partial charge in [-0.3, -0.25) is 4.79 Å². The van der Waals surface area contributed by atoms with Crippen LogP contribution in [-0.4, -0.2) is 42.7 Å². The second-order valence-electron chi connectivity index (χ2n) is 4.61. The maximum Gasteiger partial charge on any atom is 0.221 e. The molecule has 1 aromatic heterocycles. The molecule has 20 heavy (non-hydrogen) atoms. The number of hydrogen-bond acceptors (Lipinski definition) is 5. The average molecular weight is 301 g/mol. The first-order chi connectivity index (χ1) is 9.52. The van der Waals surface area contributed by atoms with E-state index in [9.17, 15) is 4.79 Å². The van der Waals surface area contributed by atoms with Crippen molar-refractivity contribution in [2.45, 2.75) is 26.2 Å². The quantitative estimate of drug-likeness (QED) is 0.566. The molecule has 0 radical (unpaired) electrons. The van der Waals surface area contributed by atoms with E-state index < -0.39 is 0 Å². The average Bonchev–Trinajstić information content (AvgIpc) is 2.38. The van der Waals surface area contributed by atoms with Crippen molar-refractivity contribution in [1.82, 2.24) is 15.3 Å². The first-order valence-corrected chi connectivity index (χ1v) is 6.94. The first-order valence-electron chi connectivity index (χ1n) is 6.57. The maximum atomic E-state index is 11.5. The summed E-state index contributed by atoms with van der Waals surface area (Å²) >= 11 is 5.94. The predicted octanol–water partition coefficient (Wildman–Crippen LogP) is 1.82. The van der Waals surface area contributed by atoms with E-state index in [1.807, 2.05) is 13.8 Å². The number of amides is 1. The van der Waals surface area contributed by atoms with Crippen molar-refractivity contribution in [1.29, 1.82) is 0 Å². The van der Waals surface area contributed by atoms with Gasteiger partial charge in [-0.2, -0.15) is 0 Å². The molecule has 6 nitrogen and oxygen atoms in total. The number of aromatic nitrogens is 2. The molecule has 0 atom stereocenters. The smallest absolute Gasteiger partial charge is 0.221 e. The van der Waals surface area contributed by atoms with E-state index in [1.165, 1.54) is 0 Å². The summed E-state index contributed by atoms with van der Waals surface area (Å²) in [6.45, 7) is 5.52. The van der Waals surface area contributed by atoms with Gasteiger partial charge >= 0.3 is 0 Å². The van der Waals surface area contributed by atoms with Gasteiger partial charge in [0, 0.05) is 38.6 Å². The van der Waals surface area contributed by atoms with E-state index in [4.69, 9.17) is 16.3 Å². The van der Waals surface area contributed by atoms with Crippen molar-refractivity contribution in [2.24, 2.45) is 0 Å². The van der Waals surface area contributed by atoms with E-state index in [0.717, 1.165) is 0 Å². The lowest BCUT2D eigenvalue weighted by atomic mass is 10.2. The lowest BCUT2D eigenvalue weighted by Gasteiger charge is -2.09. The Bertz CT molecular complexity index is 440. The Hall–Kier alpha value is -1.40. The SMILES string of the molecule is COCCNC(=O)CCNc1cc(Cl)nc(C(C)C)n1. The summed E-state index contributed by atoms with van der Waals surface area (Å²) in [5.41, 5.74) is 0. The Morgan fingerprint density at radius 2 is 2.15 bits per heavy atom. The number of carbonyl (C=O) groups is 1. The maximum absolute atomic E-state index is 11.5. The highest BCUT2D eigenvalue weighted by atomic mass is 35.5. The van der Waals surface area contributed by atoms with Gasteiger partial charge in [-0.05, 0) is 0 Å². The van der Waals surface area contributed by atoms with Crippen LogP contribution in [0.15, 0.2) is 6.07 Å². The summed E-state index contributed by atoms with van der Waals surface area (Å²) in [5.74, 6) is 1.49. The molecule has 0 saturated heterocycles. The molecule has 0 bridgehead atoms. The standard InChI is InChI=1S/C13H21ClN4O2/c1-9(2)13-17-10(14)8-11(18-13)15-5-4-12(19)16-6-7-20-3/h8-9H,4-7H2,1-3H3,(H,16,19)(H,15,17,18). The molecule has 1 rings (SSSR count). The first kappa shape index (κ1) is 16.7. The van der Waals surface area contributed by atoms with Crippen LogP contribution in [0, 0.1) is 0 Å². The summed E-state index contributed by atoms with van der Waals surface area (Å²) in [5, 5.41) is 6.22. The number of hydrogen-bond donors (Lipinski definition) is 2. The van der Waals surface area contributed by atoms with Crippen LogP contribution >= 0.6 is 11.6 Å². The molecular weight excluding hydrogens is 280 g/mol. The van der Waals surface area contributed by atoms with Crippen molar-refractivity contribution >= 4 is 23.3 Å². The number of halogens is 1. The topological polar surface area (TPSA) is 76.1 Å². The van der Waals surface area contributed by atoms with Crippen molar-refractivity contribution in [2.75, 3.05) is 32.1 Å². The molecule has 1 heterocycles. The minimum Gasteiger partial charge on any atom is -0.383 e. The van der Waals surface area contributed by atoms with Crippen LogP contribution in [0.4, 0.5) is 5.82 Å². The van der Waals surface area contributed by atoms with Crippen molar-refractivity contribution in [3.05, 3.63) is 17.0 Å². The Labute approximate surface area is 124 Å². The third-order valence-electron chi connectivity index (χ3n) is 2.52. The summed E-state index contributed by atoms with van der Waals surface area (Å²) in [7, 11) is 1.60. The lowest BCUT2D eigenvalue weighted by molar-refractivity contribution is -0.121. The van der Waals surface area contributed by atoms with Gasteiger partial charge in [-0.1, -0.05) is 25.4 Å². The van der Waals surface area contributed by atoms with Crippen LogP contribution < -0.4 is 10.6 Å². The van der Waals surface area contributed by atoms with E-state index in [2.05, 4.69) is 20.6 Å². The highest BCUT2D eigenvalue weighted by Gasteiger charge is 2.07. The normalized spacial score (nSPS) is 10.7. The second kappa shape index (κ2) is 8.71. The van der Waals surface area contributed by atoms with Crippen LogP contribution in [0.1, 0.15) is 32.0 Å². The van der Waals surface area contributed by atoms with Crippen LogP contribution in [0.5, 0.6) is 0 Å². The zero-order valence-electron chi connectivity index (χ0n) is 12.1. The third kappa shape index (κ3) is 6.16. The van der Waals surface area contributed by atoms with E-state index >= 15 is 0 Å². The molecular formula is C13H21ClN4O2. The molecule has 1 amide bonds. The van der Waals surface area contributed by atoms with Gasteiger partial charge in [0.25, 0.3) is 0 Å². The van der Waals surface area contributed by atoms with Gasteiger partial charge in [-0.25, -0.2) is 9.97 Å². The fraction of sp³-hybridized carbons (Fsp3) is 0.615. The molecule has 0 spiro atoms. The van der Waals surface area contributed by atoms with Crippen LogP contribution in [0.2, 0.25) is 5.15 Å². The van der Waals surface area contributed by atoms with Crippen LogP contribution in [-0.2, 0) is 9.53 Å². The zero-order valence-corrected chi connectivity index (χ0v) is 12.8. The summed E-state index contributed by atoms with van der Waals surface area (Å²) in [6.07, 6.45) is 0.363. The molecule has 7 heteroatoms. The highest BCUT2D eigenvalue weighted by molar-refractivity contribution is 6.29. The van der Waals surface area contributed by atoms with Crippen molar-refractivity contribution in [3.63, 3.8) is 0 Å². The number of rotatable bonds is 8. The predicted molar refractivity (Wildman–Crippen MR) is 79.1 cm³/mol. The van der Waals surface area contributed by atoms with Gasteiger partial charge in [0.15, 0.2) is 0 Å². The molecule has 0 aliphatic heterocycles. The number of anilines is 1. The molecule has 0 aliphatic carbocycles. The van der Waals surface area contributed by atoms with Gasteiger partial charge in [0.1, 0.15) is 16.8 Å². The van der Waals surface area contributed by atoms with Gasteiger partial charge in [0.2, 0.25) is 5.91 Å². The molecule has 0 unspecified atom stereocenters. The summed E-state index contributed by atoms with van der Waals surface area (Å²) < 4.78 is 4.85. The Morgan fingerprint density at radius 1 is 1.40 bits per heavy atom. The van der Waals surface area contributed by atoms with E-state index in [-0.39, 0.29) is 11.8 Å². The fourth-order valence-electron chi connectivity index (χ4n) is 1.47. The molecule has 2 N–H and O–H groups in total. The number of carbonyl (C=O) groups excluding carboxylic acids is 1. The van der Waals surface area contributed by atoms with Gasteiger partial charge in [-0.15, -0.1) is 0 Å². The van der Waals surface area contributed by atoms with Gasteiger partial charge < -0.3 is 15.4 Å². The van der Waals surface area contributed by atoms with E-state index in [0.29, 0.717) is 42.9 Å². The minimum atomic E-state index is -0.0289. The number of nitrogens with one attached hydrogen (secondary N) is 2. The second-order valence-corrected chi connectivity index (χ2v) is 5.00. The Morgan fingerprint density at radius 3 is 2.80 bits per heavy atom. The number of methoxy groups -OCH3 is 1. The Balaban J connectivity index is 2.40. The fourth-order valence-corrected chi connectivity index (χ4v) is 1.66. The van der Waals surface area contributed by atoms with E-state index in [1.54, 1.807) is 13.2 Å². The zero-order chi connectivity index (χ0) is 15.0. The lowest BCUT2D eigenvalue weighted by Crippen LogP contribution is -2.28. The molecule has 0 aromatic carbocycles. The minimum absolute atomic E-state index is 0.0289.